The van der Waals surface area contributed by atoms with Crippen LogP contribution in [0, 0.1) is 0 Å². The molecule has 2 rings (SSSR count). The van der Waals surface area contributed by atoms with Crippen LogP contribution in [0.5, 0.6) is 0 Å². The standard InChI is InChI=1S/C12H24N2OS/c1-14(11-4-8-16-10-11)6-5-13-9-12-3-2-7-15-12/h11-13H,2-10H2,1H3. The predicted molar refractivity (Wildman–Crippen MR) is 70.2 cm³/mol. The molecule has 0 radical (unpaired) electrons. The number of nitrogens with zero attached hydrogens (tertiary/aromatic N) is 1. The molecule has 2 fully saturated rings. The van der Waals surface area contributed by atoms with Gasteiger partial charge in [0, 0.05) is 38.0 Å². The van der Waals surface area contributed by atoms with Crippen molar-refractivity contribution in [3.05, 3.63) is 0 Å². The Balaban J connectivity index is 1.50. The quantitative estimate of drug-likeness (QED) is 0.710. The Hall–Kier alpha value is 0.230. The van der Waals surface area contributed by atoms with Gasteiger partial charge in [-0.05, 0) is 32.1 Å². The summed E-state index contributed by atoms with van der Waals surface area (Å²) in [6.07, 6.45) is 4.33. The van der Waals surface area contributed by atoms with Crippen molar-refractivity contribution in [2.24, 2.45) is 0 Å². The molecule has 0 saturated carbocycles. The molecule has 2 saturated heterocycles. The van der Waals surface area contributed by atoms with Crippen molar-refractivity contribution in [3.8, 4) is 0 Å². The lowest BCUT2D eigenvalue weighted by Crippen LogP contribution is -2.38. The molecule has 2 atom stereocenters. The van der Waals surface area contributed by atoms with E-state index >= 15 is 0 Å². The maximum Gasteiger partial charge on any atom is 0.0700 e. The molecule has 2 aliphatic rings. The van der Waals surface area contributed by atoms with Gasteiger partial charge in [-0.15, -0.1) is 0 Å². The van der Waals surface area contributed by atoms with Gasteiger partial charge in [-0.25, -0.2) is 0 Å². The number of ether oxygens (including phenoxy) is 1. The van der Waals surface area contributed by atoms with Gasteiger partial charge in [0.1, 0.15) is 0 Å². The fraction of sp³-hybridized carbons (Fsp3) is 1.00. The highest BCUT2D eigenvalue weighted by atomic mass is 32.2. The molecule has 0 spiro atoms. The van der Waals surface area contributed by atoms with Crippen molar-refractivity contribution in [2.75, 3.05) is 44.8 Å². The summed E-state index contributed by atoms with van der Waals surface area (Å²) in [7, 11) is 2.25. The Labute approximate surface area is 103 Å². The van der Waals surface area contributed by atoms with Crippen molar-refractivity contribution in [1.29, 1.82) is 0 Å². The molecular weight excluding hydrogens is 220 g/mol. The molecule has 0 aromatic carbocycles. The van der Waals surface area contributed by atoms with E-state index in [4.69, 9.17) is 4.74 Å². The topological polar surface area (TPSA) is 24.5 Å². The van der Waals surface area contributed by atoms with E-state index in [1.165, 1.54) is 30.8 Å². The summed E-state index contributed by atoms with van der Waals surface area (Å²) < 4.78 is 5.58. The minimum atomic E-state index is 0.479. The smallest absolute Gasteiger partial charge is 0.0700 e. The molecule has 94 valence electrons. The second-order valence-electron chi connectivity index (χ2n) is 4.84. The Bertz CT molecular complexity index is 191. The van der Waals surface area contributed by atoms with Crippen LogP contribution in [0.3, 0.4) is 0 Å². The molecule has 2 aliphatic heterocycles. The van der Waals surface area contributed by atoms with Gasteiger partial charge in [-0.1, -0.05) is 0 Å². The summed E-state index contributed by atoms with van der Waals surface area (Å²) >= 11 is 2.09. The molecule has 1 N–H and O–H groups in total. The Kier molecular flexibility index (Phi) is 5.42. The SMILES string of the molecule is CN(CCNCC1CCCO1)C1CCSC1. The zero-order valence-corrected chi connectivity index (χ0v) is 11.1. The third-order valence-electron chi connectivity index (χ3n) is 3.57. The summed E-state index contributed by atoms with van der Waals surface area (Å²) in [6.45, 7) is 4.26. The normalized spacial score (nSPS) is 30.4. The molecule has 0 aromatic heterocycles. The van der Waals surface area contributed by atoms with E-state index in [2.05, 4.69) is 29.0 Å². The van der Waals surface area contributed by atoms with E-state index in [-0.39, 0.29) is 0 Å². The van der Waals surface area contributed by atoms with E-state index < -0.39 is 0 Å². The van der Waals surface area contributed by atoms with Crippen LogP contribution in [0.25, 0.3) is 0 Å². The van der Waals surface area contributed by atoms with Gasteiger partial charge in [0.15, 0.2) is 0 Å². The first-order chi connectivity index (χ1) is 7.86. The molecule has 16 heavy (non-hydrogen) atoms. The van der Waals surface area contributed by atoms with Gasteiger partial charge < -0.3 is 15.0 Å². The first kappa shape index (κ1) is 12.7. The summed E-state index contributed by atoms with van der Waals surface area (Å²) in [5, 5.41) is 3.51. The minimum Gasteiger partial charge on any atom is -0.377 e. The van der Waals surface area contributed by atoms with Crippen LogP contribution in [-0.2, 0) is 4.74 Å². The summed E-state index contributed by atoms with van der Waals surface area (Å²) in [5.41, 5.74) is 0. The Morgan fingerprint density at radius 1 is 1.44 bits per heavy atom. The van der Waals surface area contributed by atoms with Crippen LogP contribution in [0.2, 0.25) is 0 Å². The number of rotatable bonds is 6. The third kappa shape index (κ3) is 3.91. The first-order valence-corrected chi connectivity index (χ1v) is 7.62. The van der Waals surface area contributed by atoms with Crippen LogP contribution in [0.4, 0.5) is 0 Å². The fourth-order valence-corrected chi connectivity index (χ4v) is 3.67. The zero-order chi connectivity index (χ0) is 11.2. The molecule has 3 nitrogen and oxygen atoms in total. The van der Waals surface area contributed by atoms with Crippen LogP contribution in [0.15, 0.2) is 0 Å². The third-order valence-corrected chi connectivity index (χ3v) is 4.71. The highest BCUT2D eigenvalue weighted by molar-refractivity contribution is 7.99. The lowest BCUT2D eigenvalue weighted by molar-refractivity contribution is 0.109. The van der Waals surface area contributed by atoms with E-state index in [1.54, 1.807) is 0 Å². The molecule has 0 bridgehead atoms. The van der Waals surface area contributed by atoms with Gasteiger partial charge in [0.05, 0.1) is 6.10 Å². The number of likely N-dealkylation sites (N-methyl/N-ethyl adjacent to an activating group) is 1. The molecule has 4 heteroatoms. The summed E-state index contributed by atoms with van der Waals surface area (Å²) in [6, 6.07) is 0.814. The van der Waals surface area contributed by atoms with Crippen LogP contribution in [-0.4, -0.2) is 61.8 Å². The molecule has 2 heterocycles. The molecule has 2 unspecified atom stereocenters. The Morgan fingerprint density at radius 2 is 2.38 bits per heavy atom. The monoisotopic (exact) mass is 244 g/mol. The predicted octanol–water partition coefficient (Wildman–Crippen LogP) is 1.19. The molecule has 0 aromatic rings. The van der Waals surface area contributed by atoms with E-state index in [1.807, 2.05) is 0 Å². The molecule has 0 amide bonds. The highest BCUT2D eigenvalue weighted by Gasteiger charge is 2.19. The van der Waals surface area contributed by atoms with E-state index in [9.17, 15) is 0 Å². The average Bonchev–Trinajstić information content (AvgIpc) is 2.96. The van der Waals surface area contributed by atoms with Crippen molar-refractivity contribution in [3.63, 3.8) is 0 Å². The summed E-state index contributed by atoms with van der Waals surface area (Å²) in [4.78, 5) is 2.50. The highest BCUT2D eigenvalue weighted by Crippen LogP contribution is 2.20. The van der Waals surface area contributed by atoms with Gasteiger partial charge in [0.2, 0.25) is 0 Å². The fourth-order valence-electron chi connectivity index (χ4n) is 2.38. The van der Waals surface area contributed by atoms with Crippen molar-refractivity contribution >= 4 is 11.8 Å². The number of hydrogen-bond acceptors (Lipinski definition) is 4. The Morgan fingerprint density at radius 3 is 3.06 bits per heavy atom. The van der Waals surface area contributed by atoms with Gasteiger partial charge in [-0.3, -0.25) is 0 Å². The van der Waals surface area contributed by atoms with Gasteiger partial charge in [-0.2, -0.15) is 11.8 Å². The average molecular weight is 244 g/mol. The van der Waals surface area contributed by atoms with E-state index in [0.717, 1.165) is 32.3 Å². The molecule has 0 aliphatic carbocycles. The largest absolute Gasteiger partial charge is 0.377 e. The first-order valence-electron chi connectivity index (χ1n) is 6.46. The zero-order valence-electron chi connectivity index (χ0n) is 10.3. The van der Waals surface area contributed by atoms with Crippen molar-refractivity contribution < 1.29 is 4.74 Å². The maximum absolute atomic E-state index is 5.58. The summed E-state index contributed by atoms with van der Waals surface area (Å²) in [5.74, 6) is 2.67. The maximum atomic E-state index is 5.58. The lowest BCUT2D eigenvalue weighted by atomic mass is 10.2. The van der Waals surface area contributed by atoms with Gasteiger partial charge in [0.25, 0.3) is 0 Å². The second-order valence-corrected chi connectivity index (χ2v) is 5.99. The number of hydrogen-bond donors (Lipinski definition) is 1. The van der Waals surface area contributed by atoms with E-state index in [0.29, 0.717) is 6.10 Å². The lowest BCUT2D eigenvalue weighted by Gasteiger charge is -2.23. The molecular formula is C12H24N2OS. The number of thioether (sulfide) groups is 1. The van der Waals surface area contributed by atoms with Gasteiger partial charge >= 0.3 is 0 Å². The van der Waals surface area contributed by atoms with Crippen LogP contribution < -0.4 is 5.32 Å². The van der Waals surface area contributed by atoms with Crippen molar-refractivity contribution in [2.45, 2.75) is 31.4 Å². The second kappa shape index (κ2) is 6.84. The van der Waals surface area contributed by atoms with Crippen molar-refractivity contribution in [1.82, 2.24) is 10.2 Å². The van der Waals surface area contributed by atoms with Crippen LogP contribution in [0.1, 0.15) is 19.3 Å². The minimum absolute atomic E-state index is 0.479. The van der Waals surface area contributed by atoms with Crippen LogP contribution >= 0.6 is 11.8 Å². The number of nitrogens with one attached hydrogen (secondary N) is 1.